The molecule has 0 spiro atoms. The standard InChI is InChI=1S/C6H9N5O2/c1-11(2)3-8-6-4(5(7)12)9-13-10-6/h3H,1-2H3,(H2,7,12). The summed E-state index contributed by atoms with van der Waals surface area (Å²) in [7, 11) is 3.56. The SMILES string of the molecule is CN(C)C=Nc1nonc1C(N)=O. The van der Waals surface area contributed by atoms with E-state index in [1.807, 2.05) is 0 Å². The average Bonchev–Trinajstić information content (AvgIpc) is 2.47. The summed E-state index contributed by atoms with van der Waals surface area (Å²) >= 11 is 0. The molecule has 0 saturated carbocycles. The molecule has 0 aromatic carbocycles. The fourth-order valence-corrected chi connectivity index (χ4v) is 0.594. The van der Waals surface area contributed by atoms with Gasteiger partial charge in [-0.05, 0) is 10.3 Å². The van der Waals surface area contributed by atoms with Gasteiger partial charge in [0.15, 0.2) is 0 Å². The summed E-state index contributed by atoms with van der Waals surface area (Å²) in [6, 6.07) is 0. The molecule has 7 heteroatoms. The number of aliphatic imine (C=N–C) groups is 1. The highest BCUT2D eigenvalue weighted by Crippen LogP contribution is 2.11. The Morgan fingerprint density at radius 3 is 2.85 bits per heavy atom. The highest BCUT2D eigenvalue weighted by molar-refractivity contribution is 5.94. The second-order valence-corrected chi connectivity index (χ2v) is 2.51. The summed E-state index contributed by atoms with van der Waals surface area (Å²) in [6.07, 6.45) is 1.46. The van der Waals surface area contributed by atoms with E-state index in [0.717, 1.165) is 0 Å². The Morgan fingerprint density at radius 1 is 1.62 bits per heavy atom. The van der Waals surface area contributed by atoms with E-state index in [9.17, 15) is 4.79 Å². The first-order valence-electron chi connectivity index (χ1n) is 3.44. The fraction of sp³-hybridized carbons (Fsp3) is 0.333. The van der Waals surface area contributed by atoms with Gasteiger partial charge in [-0.25, -0.2) is 9.62 Å². The van der Waals surface area contributed by atoms with Crippen molar-refractivity contribution in [3.63, 3.8) is 0 Å². The fourth-order valence-electron chi connectivity index (χ4n) is 0.594. The highest BCUT2D eigenvalue weighted by atomic mass is 16.6. The van der Waals surface area contributed by atoms with Gasteiger partial charge in [0.25, 0.3) is 5.91 Å². The van der Waals surface area contributed by atoms with Gasteiger partial charge in [0.05, 0.1) is 6.34 Å². The Balaban J connectivity index is 2.88. The summed E-state index contributed by atoms with van der Waals surface area (Å²) in [6.45, 7) is 0. The zero-order valence-corrected chi connectivity index (χ0v) is 7.26. The molecule has 70 valence electrons. The van der Waals surface area contributed by atoms with Gasteiger partial charge in [0, 0.05) is 14.1 Å². The van der Waals surface area contributed by atoms with Crippen LogP contribution in [-0.4, -0.2) is 41.6 Å². The van der Waals surface area contributed by atoms with Crippen LogP contribution in [-0.2, 0) is 0 Å². The lowest BCUT2D eigenvalue weighted by Gasteiger charge is -1.99. The first-order chi connectivity index (χ1) is 6.11. The molecule has 0 saturated heterocycles. The maximum Gasteiger partial charge on any atom is 0.274 e. The van der Waals surface area contributed by atoms with E-state index in [-0.39, 0.29) is 11.5 Å². The summed E-state index contributed by atoms with van der Waals surface area (Å²) in [5.41, 5.74) is 4.91. The summed E-state index contributed by atoms with van der Waals surface area (Å²) in [5, 5.41) is 6.70. The second kappa shape index (κ2) is 3.65. The molecule has 0 aliphatic carbocycles. The Morgan fingerprint density at radius 2 is 2.31 bits per heavy atom. The molecule has 1 aromatic rings. The van der Waals surface area contributed by atoms with Crippen molar-refractivity contribution in [2.75, 3.05) is 14.1 Å². The zero-order chi connectivity index (χ0) is 9.84. The molecular weight excluding hydrogens is 174 g/mol. The van der Waals surface area contributed by atoms with Gasteiger partial charge >= 0.3 is 0 Å². The van der Waals surface area contributed by atoms with Crippen LogP contribution in [0.2, 0.25) is 0 Å². The number of nitrogens with zero attached hydrogens (tertiary/aromatic N) is 4. The number of rotatable bonds is 3. The molecule has 0 fully saturated rings. The molecule has 1 heterocycles. The lowest BCUT2D eigenvalue weighted by Crippen LogP contribution is -2.12. The van der Waals surface area contributed by atoms with Crippen LogP contribution in [0, 0.1) is 0 Å². The largest absolute Gasteiger partial charge is 0.369 e. The van der Waals surface area contributed by atoms with Crippen molar-refractivity contribution in [1.82, 2.24) is 15.2 Å². The van der Waals surface area contributed by atoms with Crippen LogP contribution in [0.5, 0.6) is 0 Å². The van der Waals surface area contributed by atoms with Crippen LogP contribution in [0.15, 0.2) is 9.62 Å². The number of hydrogen-bond acceptors (Lipinski definition) is 5. The molecule has 0 unspecified atom stereocenters. The summed E-state index contributed by atoms with van der Waals surface area (Å²) < 4.78 is 4.31. The third-order valence-electron chi connectivity index (χ3n) is 1.12. The number of nitrogens with two attached hydrogens (primary N) is 1. The quantitative estimate of drug-likeness (QED) is 0.498. The maximum atomic E-state index is 10.7. The monoisotopic (exact) mass is 183 g/mol. The maximum absolute atomic E-state index is 10.7. The molecular formula is C6H9N5O2. The van der Waals surface area contributed by atoms with Gasteiger partial charge in [-0.2, -0.15) is 0 Å². The second-order valence-electron chi connectivity index (χ2n) is 2.51. The van der Waals surface area contributed by atoms with E-state index in [2.05, 4.69) is 19.9 Å². The van der Waals surface area contributed by atoms with Gasteiger partial charge in [-0.3, -0.25) is 4.79 Å². The molecule has 0 bridgehead atoms. The normalized spacial score (nSPS) is 10.6. The van der Waals surface area contributed by atoms with Crippen LogP contribution >= 0.6 is 0 Å². The van der Waals surface area contributed by atoms with E-state index in [0.29, 0.717) is 0 Å². The third kappa shape index (κ3) is 2.26. The van der Waals surface area contributed by atoms with Crippen molar-refractivity contribution in [3.8, 4) is 0 Å². The van der Waals surface area contributed by atoms with Gasteiger partial charge in [-0.1, -0.05) is 0 Å². The van der Waals surface area contributed by atoms with Gasteiger partial charge < -0.3 is 10.6 Å². The molecule has 1 rings (SSSR count). The van der Waals surface area contributed by atoms with Crippen LogP contribution in [0.3, 0.4) is 0 Å². The van der Waals surface area contributed by atoms with Crippen LogP contribution in [0.4, 0.5) is 5.82 Å². The van der Waals surface area contributed by atoms with E-state index in [4.69, 9.17) is 5.73 Å². The van der Waals surface area contributed by atoms with E-state index in [1.165, 1.54) is 6.34 Å². The number of aromatic nitrogens is 2. The molecule has 7 nitrogen and oxygen atoms in total. The number of hydrogen-bond donors (Lipinski definition) is 1. The summed E-state index contributed by atoms with van der Waals surface area (Å²) in [4.78, 5) is 16.2. The lowest BCUT2D eigenvalue weighted by molar-refractivity contribution is 0.0991. The van der Waals surface area contributed by atoms with E-state index >= 15 is 0 Å². The van der Waals surface area contributed by atoms with Gasteiger partial charge in [0.1, 0.15) is 0 Å². The highest BCUT2D eigenvalue weighted by Gasteiger charge is 2.13. The molecule has 0 aliphatic heterocycles. The van der Waals surface area contributed by atoms with Crippen molar-refractivity contribution < 1.29 is 9.42 Å². The van der Waals surface area contributed by atoms with Gasteiger partial charge in [0.2, 0.25) is 11.5 Å². The summed E-state index contributed by atoms with van der Waals surface area (Å²) in [5.74, 6) is -0.631. The molecule has 1 aromatic heterocycles. The molecule has 0 radical (unpaired) electrons. The minimum Gasteiger partial charge on any atom is -0.369 e. The van der Waals surface area contributed by atoms with Crippen molar-refractivity contribution in [3.05, 3.63) is 5.69 Å². The topological polar surface area (TPSA) is 97.6 Å². The predicted octanol–water partition coefficient (Wildman–Crippen LogP) is -0.610. The predicted molar refractivity (Wildman–Crippen MR) is 44.7 cm³/mol. The van der Waals surface area contributed by atoms with Crippen molar-refractivity contribution in [2.24, 2.45) is 10.7 Å². The van der Waals surface area contributed by atoms with Gasteiger partial charge in [-0.15, -0.1) is 0 Å². The first-order valence-corrected chi connectivity index (χ1v) is 3.44. The molecule has 13 heavy (non-hydrogen) atoms. The molecule has 1 amide bonds. The average molecular weight is 183 g/mol. The smallest absolute Gasteiger partial charge is 0.274 e. The van der Waals surface area contributed by atoms with Crippen LogP contribution < -0.4 is 5.73 Å². The minimum absolute atomic E-state index is 0.0712. The Kier molecular flexibility index (Phi) is 2.58. The molecule has 2 N–H and O–H groups in total. The Bertz CT molecular complexity index is 330. The number of amides is 1. The van der Waals surface area contributed by atoms with Crippen LogP contribution in [0.25, 0.3) is 0 Å². The van der Waals surface area contributed by atoms with Crippen LogP contribution in [0.1, 0.15) is 10.5 Å². The van der Waals surface area contributed by atoms with Crippen molar-refractivity contribution in [1.29, 1.82) is 0 Å². The minimum atomic E-state index is -0.716. The molecule has 0 aliphatic rings. The number of carbonyl (C=O) groups is 1. The molecule has 0 atom stereocenters. The van der Waals surface area contributed by atoms with E-state index in [1.54, 1.807) is 19.0 Å². The number of primary amides is 1. The zero-order valence-electron chi connectivity index (χ0n) is 7.26. The Hall–Kier alpha value is -1.92. The van der Waals surface area contributed by atoms with Crippen molar-refractivity contribution in [2.45, 2.75) is 0 Å². The number of carbonyl (C=O) groups excluding carboxylic acids is 1. The Labute approximate surface area is 74.2 Å². The first kappa shape index (κ1) is 9.17. The van der Waals surface area contributed by atoms with Crippen molar-refractivity contribution >= 4 is 18.1 Å². The van der Waals surface area contributed by atoms with E-state index < -0.39 is 5.91 Å². The lowest BCUT2D eigenvalue weighted by atomic mass is 10.4. The third-order valence-corrected chi connectivity index (χ3v) is 1.12.